The van der Waals surface area contributed by atoms with E-state index in [4.69, 9.17) is 0 Å². The fourth-order valence-electron chi connectivity index (χ4n) is 2.16. The molecule has 0 spiro atoms. The average molecular weight is 224 g/mol. The van der Waals surface area contributed by atoms with Gasteiger partial charge in [-0.15, -0.1) is 0 Å². The van der Waals surface area contributed by atoms with Crippen molar-refractivity contribution in [1.82, 2.24) is 43.2 Å². The Morgan fingerprint density at radius 3 is 1.56 bits per heavy atom. The van der Waals surface area contributed by atoms with Gasteiger partial charge in [0.2, 0.25) is 0 Å². The van der Waals surface area contributed by atoms with E-state index >= 15 is 0 Å². The molecule has 0 amide bonds. The summed E-state index contributed by atoms with van der Waals surface area (Å²) in [6.07, 6.45) is 0.134. The summed E-state index contributed by atoms with van der Waals surface area (Å²) in [6.45, 7) is 7.61. The topological polar surface area (TPSA) is 96.2 Å². The first-order valence-electron chi connectivity index (χ1n) is 5.19. The monoisotopic (exact) mass is 224 g/mol. The molecule has 8 N–H and O–H groups in total. The van der Waals surface area contributed by atoms with Gasteiger partial charge < -0.3 is 21.5 Å². The SMILES string of the molecule is C=C1NNC2C(NNC3NC(=C)NNC32)N1. The summed E-state index contributed by atoms with van der Waals surface area (Å²) in [5.41, 5.74) is 18.7. The summed E-state index contributed by atoms with van der Waals surface area (Å²) >= 11 is 0. The molecule has 3 fully saturated rings. The molecule has 0 aromatic carbocycles. The summed E-state index contributed by atoms with van der Waals surface area (Å²) < 4.78 is 0. The van der Waals surface area contributed by atoms with E-state index in [1.807, 2.05) is 0 Å². The lowest BCUT2D eigenvalue weighted by atomic mass is 10.00. The third-order valence-corrected chi connectivity index (χ3v) is 2.94. The number of hydrogen-bond donors (Lipinski definition) is 8. The predicted octanol–water partition coefficient (Wildman–Crippen LogP) is -3.18. The molecule has 88 valence electrons. The molecule has 0 bridgehead atoms. The van der Waals surface area contributed by atoms with Crippen LogP contribution < -0.4 is 43.2 Å². The molecule has 8 heteroatoms. The maximum absolute atomic E-state index is 3.80. The number of fused-ring (bicyclic) bond motifs is 3. The lowest BCUT2D eigenvalue weighted by molar-refractivity contribution is 0.0840. The molecule has 4 atom stereocenters. The number of nitrogens with one attached hydrogen (secondary N) is 8. The standard InChI is InChI=1S/C8H16N8/c1-3-9-7-5(13-11-3)6-8(16-15-7)10-4(2)12-14-6/h5-16H,1-2H2. The first-order valence-corrected chi connectivity index (χ1v) is 5.19. The van der Waals surface area contributed by atoms with Crippen LogP contribution in [0, 0.1) is 0 Å². The van der Waals surface area contributed by atoms with Crippen molar-refractivity contribution < 1.29 is 0 Å². The Balaban J connectivity index is 1.75. The number of rotatable bonds is 0. The molecule has 16 heavy (non-hydrogen) atoms. The molecule has 0 radical (unpaired) electrons. The van der Waals surface area contributed by atoms with Gasteiger partial charge in [-0.3, -0.25) is 0 Å². The highest BCUT2D eigenvalue weighted by atomic mass is 15.6. The Kier molecular flexibility index (Phi) is 2.14. The molecule has 3 heterocycles. The normalized spacial score (nSPS) is 41.8. The van der Waals surface area contributed by atoms with E-state index in [2.05, 4.69) is 56.3 Å². The van der Waals surface area contributed by atoms with Crippen molar-refractivity contribution in [1.29, 1.82) is 0 Å². The second-order valence-electron chi connectivity index (χ2n) is 4.08. The van der Waals surface area contributed by atoms with Crippen LogP contribution in [0.3, 0.4) is 0 Å². The van der Waals surface area contributed by atoms with Gasteiger partial charge in [0.15, 0.2) is 0 Å². The first kappa shape index (κ1) is 9.73. The van der Waals surface area contributed by atoms with Gasteiger partial charge in [-0.25, -0.2) is 21.7 Å². The minimum Gasteiger partial charge on any atom is -0.353 e. The quantitative estimate of drug-likeness (QED) is 0.218. The molecule has 0 aromatic rings. The molecule has 8 nitrogen and oxygen atoms in total. The smallest absolute Gasteiger partial charge is 0.110 e. The molecule has 0 saturated carbocycles. The van der Waals surface area contributed by atoms with E-state index in [0.717, 1.165) is 11.6 Å². The molecule has 3 rings (SSSR count). The van der Waals surface area contributed by atoms with Crippen LogP contribution in [-0.4, -0.2) is 24.4 Å². The van der Waals surface area contributed by atoms with Gasteiger partial charge >= 0.3 is 0 Å². The number of hydrazine groups is 3. The minimum atomic E-state index is 0.0671. The van der Waals surface area contributed by atoms with Crippen molar-refractivity contribution in [3.63, 3.8) is 0 Å². The molecular weight excluding hydrogens is 208 g/mol. The lowest BCUT2D eigenvalue weighted by Gasteiger charge is -2.50. The van der Waals surface area contributed by atoms with Gasteiger partial charge in [0.1, 0.15) is 24.0 Å². The van der Waals surface area contributed by atoms with Crippen molar-refractivity contribution in [3.05, 3.63) is 24.8 Å². The fourth-order valence-corrected chi connectivity index (χ4v) is 2.16. The van der Waals surface area contributed by atoms with Gasteiger partial charge in [0.05, 0.1) is 12.1 Å². The predicted molar refractivity (Wildman–Crippen MR) is 58.5 cm³/mol. The van der Waals surface area contributed by atoms with Gasteiger partial charge in [0.25, 0.3) is 0 Å². The van der Waals surface area contributed by atoms with Crippen LogP contribution in [0.5, 0.6) is 0 Å². The van der Waals surface area contributed by atoms with Gasteiger partial charge in [-0.2, -0.15) is 0 Å². The van der Waals surface area contributed by atoms with Crippen LogP contribution in [0.15, 0.2) is 24.8 Å². The Labute approximate surface area is 93.2 Å². The van der Waals surface area contributed by atoms with Crippen LogP contribution in [0.25, 0.3) is 0 Å². The van der Waals surface area contributed by atoms with E-state index in [1.165, 1.54) is 0 Å². The highest BCUT2D eigenvalue weighted by Crippen LogP contribution is 2.11. The summed E-state index contributed by atoms with van der Waals surface area (Å²) in [7, 11) is 0. The van der Waals surface area contributed by atoms with Crippen molar-refractivity contribution in [2.45, 2.75) is 24.4 Å². The molecule has 3 saturated heterocycles. The zero-order valence-electron chi connectivity index (χ0n) is 8.72. The molecule has 0 aliphatic carbocycles. The molecule has 3 aliphatic rings. The number of hydrogen-bond acceptors (Lipinski definition) is 8. The maximum atomic E-state index is 3.80. The largest absolute Gasteiger partial charge is 0.353 e. The van der Waals surface area contributed by atoms with Gasteiger partial charge in [0, 0.05) is 0 Å². The van der Waals surface area contributed by atoms with E-state index in [-0.39, 0.29) is 24.4 Å². The van der Waals surface area contributed by atoms with Crippen molar-refractivity contribution in [2.75, 3.05) is 0 Å². The van der Waals surface area contributed by atoms with Crippen LogP contribution in [0.4, 0.5) is 0 Å². The van der Waals surface area contributed by atoms with E-state index < -0.39 is 0 Å². The third kappa shape index (κ3) is 1.48. The van der Waals surface area contributed by atoms with Crippen molar-refractivity contribution >= 4 is 0 Å². The first-order chi connectivity index (χ1) is 7.74. The lowest BCUT2D eigenvalue weighted by Crippen LogP contribution is -2.84. The minimum absolute atomic E-state index is 0.0671. The molecule has 4 unspecified atom stereocenters. The Hall–Kier alpha value is -1.48. The van der Waals surface area contributed by atoms with Crippen molar-refractivity contribution in [2.24, 2.45) is 0 Å². The molecular formula is C8H16N8. The maximum Gasteiger partial charge on any atom is 0.110 e. The van der Waals surface area contributed by atoms with Crippen LogP contribution >= 0.6 is 0 Å². The van der Waals surface area contributed by atoms with Crippen molar-refractivity contribution in [3.8, 4) is 0 Å². The van der Waals surface area contributed by atoms with Crippen LogP contribution in [0.1, 0.15) is 0 Å². The zero-order chi connectivity index (χ0) is 11.1. The van der Waals surface area contributed by atoms with Gasteiger partial charge in [-0.05, 0) is 0 Å². The molecule has 0 aromatic heterocycles. The van der Waals surface area contributed by atoms with Crippen LogP contribution in [0.2, 0.25) is 0 Å². The Morgan fingerprint density at radius 1 is 0.688 bits per heavy atom. The zero-order valence-corrected chi connectivity index (χ0v) is 8.72. The molecule has 3 aliphatic heterocycles. The summed E-state index contributed by atoms with van der Waals surface area (Å²) in [6, 6.07) is 0.315. The Bertz CT molecular complexity index is 296. The Morgan fingerprint density at radius 2 is 1.12 bits per heavy atom. The fraction of sp³-hybridized carbons (Fsp3) is 0.500. The third-order valence-electron chi connectivity index (χ3n) is 2.94. The van der Waals surface area contributed by atoms with E-state index in [9.17, 15) is 0 Å². The second kappa shape index (κ2) is 3.52. The summed E-state index contributed by atoms with van der Waals surface area (Å²) in [4.78, 5) is 0. The highest BCUT2D eigenvalue weighted by Gasteiger charge is 2.43. The van der Waals surface area contributed by atoms with Gasteiger partial charge in [-0.1, -0.05) is 13.2 Å². The summed E-state index contributed by atoms with van der Waals surface area (Å²) in [5, 5.41) is 6.41. The summed E-state index contributed by atoms with van der Waals surface area (Å²) in [5.74, 6) is 1.49. The van der Waals surface area contributed by atoms with Crippen LogP contribution in [-0.2, 0) is 0 Å². The second-order valence-corrected chi connectivity index (χ2v) is 4.08. The highest BCUT2D eigenvalue weighted by molar-refractivity contribution is 5.10. The average Bonchev–Trinajstić information content (AvgIpc) is 2.28. The van der Waals surface area contributed by atoms with E-state index in [0.29, 0.717) is 0 Å². The van der Waals surface area contributed by atoms with E-state index in [1.54, 1.807) is 0 Å².